The standard InChI is InChI=1S/C15H21NO3S/c1-13-3-5-15(6-4-13)20(17,18)12-14(2)11-16-7-9-19-10-8-16/h3-6H,2,7-12H2,1H3. The van der Waals surface area contributed by atoms with Crippen molar-refractivity contribution in [3.8, 4) is 0 Å². The molecule has 1 aromatic carbocycles. The van der Waals surface area contributed by atoms with Crippen molar-refractivity contribution in [1.82, 2.24) is 4.90 Å². The zero-order chi connectivity index (χ0) is 14.6. The third kappa shape index (κ3) is 4.16. The van der Waals surface area contributed by atoms with Crippen LogP contribution in [0.25, 0.3) is 0 Å². The van der Waals surface area contributed by atoms with E-state index in [2.05, 4.69) is 11.5 Å². The maximum Gasteiger partial charge on any atom is 0.182 e. The maximum absolute atomic E-state index is 12.3. The van der Waals surface area contributed by atoms with Crippen molar-refractivity contribution >= 4 is 9.84 Å². The molecular weight excluding hydrogens is 274 g/mol. The SMILES string of the molecule is C=C(CN1CCOCC1)CS(=O)(=O)c1ccc(C)cc1. The molecule has 2 rings (SSSR count). The second kappa shape index (κ2) is 6.52. The number of aryl methyl sites for hydroxylation is 1. The van der Waals surface area contributed by atoms with E-state index in [4.69, 9.17) is 4.74 Å². The Kier molecular flexibility index (Phi) is 4.96. The summed E-state index contributed by atoms with van der Waals surface area (Å²) >= 11 is 0. The van der Waals surface area contributed by atoms with Crippen LogP contribution in [0.2, 0.25) is 0 Å². The van der Waals surface area contributed by atoms with Gasteiger partial charge in [0.05, 0.1) is 23.9 Å². The van der Waals surface area contributed by atoms with E-state index in [1.807, 2.05) is 19.1 Å². The van der Waals surface area contributed by atoms with Crippen molar-refractivity contribution in [2.75, 3.05) is 38.6 Å². The zero-order valence-corrected chi connectivity index (χ0v) is 12.7. The summed E-state index contributed by atoms with van der Waals surface area (Å²) in [6.07, 6.45) is 0. The van der Waals surface area contributed by atoms with E-state index in [9.17, 15) is 8.42 Å². The first-order valence-corrected chi connectivity index (χ1v) is 8.39. The number of hydrogen-bond donors (Lipinski definition) is 0. The zero-order valence-electron chi connectivity index (χ0n) is 11.8. The predicted octanol–water partition coefficient (Wildman–Crippen LogP) is 1.66. The quantitative estimate of drug-likeness (QED) is 0.775. The van der Waals surface area contributed by atoms with Crippen LogP contribution < -0.4 is 0 Å². The highest BCUT2D eigenvalue weighted by atomic mass is 32.2. The van der Waals surface area contributed by atoms with Crippen LogP contribution >= 0.6 is 0 Å². The monoisotopic (exact) mass is 295 g/mol. The lowest BCUT2D eigenvalue weighted by Gasteiger charge is -2.27. The Balaban J connectivity index is 1.97. The van der Waals surface area contributed by atoms with Crippen LogP contribution in [-0.2, 0) is 14.6 Å². The van der Waals surface area contributed by atoms with Gasteiger partial charge in [-0.2, -0.15) is 0 Å². The first kappa shape index (κ1) is 15.2. The van der Waals surface area contributed by atoms with Crippen LogP contribution in [-0.4, -0.2) is 51.9 Å². The van der Waals surface area contributed by atoms with Gasteiger partial charge in [-0.1, -0.05) is 24.3 Å². The fraction of sp³-hybridized carbons (Fsp3) is 0.467. The molecule has 0 spiro atoms. The Bertz CT molecular complexity index is 557. The van der Waals surface area contributed by atoms with Crippen LogP contribution in [0.1, 0.15) is 5.56 Å². The third-order valence-corrected chi connectivity index (χ3v) is 5.10. The molecule has 1 heterocycles. The molecule has 0 N–H and O–H groups in total. The third-order valence-electron chi connectivity index (χ3n) is 3.33. The minimum absolute atomic E-state index is 0.00736. The van der Waals surface area contributed by atoms with Crippen molar-refractivity contribution in [3.63, 3.8) is 0 Å². The highest BCUT2D eigenvalue weighted by Gasteiger charge is 2.18. The molecule has 0 saturated carbocycles. The van der Waals surface area contributed by atoms with Crippen molar-refractivity contribution in [3.05, 3.63) is 42.0 Å². The number of nitrogens with zero attached hydrogens (tertiary/aromatic N) is 1. The van der Waals surface area contributed by atoms with Crippen LogP contribution in [0.5, 0.6) is 0 Å². The van der Waals surface area contributed by atoms with E-state index < -0.39 is 9.84 Å². The molecule has 0 bridgehead atoms. The summed E-state index contributed by atoms with van der Waals surface area (Å²) in [6, 6.07) is 6.95. The molecule has 1 aromatic rings. The van der Waals surface area contributed by atoms with Crippen molar-refractivity contribution in [1.29, 1.82) is 0 Å². The summed E-state index contributed by atoms with van der Waals surface area (Å²) in [6.45, 7) is 9.56. The number of benzene rings is 1. The number of hydrogen-bond acceptors (Lipinski definition) is 4. The summed E-state index contributed by atoms with van der Waals surface area (Å²) < 4.78 is 29.9. The smallest absolute Gasteiger partial charge is 0.182 e. The van der Waals surface area contributed by atoms with Gasteiger partial charge < -0.3 is 4.74 Å². The summed E-state index contributed by atoms with van der Waals surface area (Å²) in [5.74, 6) is 0.00736. The van der Waals surface area contributed by atoms with E-state index in [1.165, 1.54) is 0 Å². The minimum atomic E-state index is -3.28. The number of morpholine rings is 1. The van der Waals surface area contributed by atoms with Crippen LogP contribution in [0, 0.1) is 6.92 Å². The topological polar surface area (TPSA) is 46.6 Å². The minimum Gasteiger partial charge on any atom is -0.379 e. The number of rotatable bonds is 5. The van der Waals surface area contributed by atoms with Crippen LogP contribution in [0.15, 0.2) is 41.3 Å². The van der Waals surface area contributed by atoms with E-state index in [-0.39, 0.29) is 5.75 Å². The van der Waals surface area contributed by atoms with Crippen molar-refractivity contribution in [2.45, 2.75) is 11.8 Å². The predicted molar refractivity (Wildman–Crippen MR) is 79.6 cm³/mol. The Labute approximate surface area is 121 Å². The summed E-state index contributed by atoms with van der Waals surface area (Å²) in [5, 5.41) is 0. The number of ether oxygens (including phenoxy) is 1. The van der Waals surface area contributed by atoms with Gasteiger partial charge in [0, 0.05) is 19.6 Å². The molecule has 1 aliphatic rings. The van der Waals surface area contributed by atoms with Gasteiger partial charge in [-0.25, -0.2) is 8.42 Å². The first-order valence-electron chi connectivity index (χ1n) is 6.73. The highest BCUT2D eigenvalue weighted by Crippen LogP contribution is 2.15. The number of sulfone groups is 1. The van der Waals surface area contributed by atoms with Gasteiger partial charge in [0.25, 0.3) is 0 Å². The highest BCUT2D eigenvalue weighted by molar-refractivity contribution is 7.91. The average molecular weight is 295 g/mol. The van der Waals surface area contributed by atoms with E-state index in [1.54, 1.807) is 12.1 Å². The normalized spacial score (nSPS) is 17.1. The van der Waals surface area contributed by atoms with E-state index in [0.29, 0.717) is 24.7 Å². The fourth-order valence-electron chi connectivity index (χ4n) is 2.22. The van der Waals surface area contributed by atoms with Crippen LogP contribution in [0.3, 0.4) is 0 Å². The second-order valence-corrected chi connectivity index (χ2v) is 7.20. The summed E-state index contributed by atoms with van der Waals surface area (Å²) in [4.78, 5) is 2.54. The Morgan fingerprint density at radius 1 is 1.25 bits per heavy atom. The largest absolute Gasteiger partial charge is 0.379 e. The molecule has 0 aromatic heterocycles. The van der Waals surface area contributed by atoms with Gasteiger partial charge in [0.1, 0.15) is 0 Å². The first-order chi connectivity index (χ1) is 9.47. The molecule has 20 heavy (non-hydrogen) atoms. The maximum atomic E-state index is 12.3. The van der Waals surface area contributed by atoms with Gasteiger partial charge in [-0.05, 0) is 24.6 Å². The molecule has 0 radical (unpaired) electrons. The molecule has 1 saturated heterocycles. The molecule has 1 aliphatic heterocycles. The Morgan fingerprint density at radius 2 is 1.85 bits per heavy atom. The molecular formula is C15H21NO3S. The van der Waals surface area contributed by atoms with E-state index >= 15 is 0 Å². The fourth-order valence-corrected chi connectivity index (χ4v) is 3.56. The van der Waals surface area contributed by atoms with E-state index in [0.717, 1.165) is 24.2 Å². The van der Waals surface area contributed by atoms with Gasteiger partial charge >= 0.3 is 0 Å². The Hall–Kier alpha value is -1.17. The van der Waals surface area contributed by atoms with Crippen molar-refractivity contribution in [2.24, 2.45) is 0 Å². The molecule has 0 atom stereocenters. The molecule has 0 unspecified atom stereocenters. The molecule has 110 valence electrons. The second-order valence-electron chi connectivity index (χ2n) is 5.21. The molecule has 0 aliphatic carbocycles. The molecule has 4 nitrogen and oxygen atoms in total. The average Bonchev–Trinajstić information content (AvgIpc) is 2.39. The Morgan fingerprint density at radius 3 is 2.45 bits per heavy atom. The van der Waals surface area contributed by atoms with Crippen LogP contribution in [0.4, 0.5) is 0 Å². The van der Waals surface area contributed by atoms with Crippen molar-refractivity contribution < 1.29 is 13.2 Å². The lowest BCUT2D eigenvalue weighted by molar-refractivity contribution is 0.0424. The summed E-state index contributed by atoms with van der Waals surface area (Å²) in [5.41, 5.74) is 1.78. The van der Waals surface area contributed by atoms with Gasteiger partial charge in [-0.15, -0.1) is 0 Å². The van der Waals surface area contributed by atoms with Gasteiger partial charge in [0.2, 0.25) is 0 Å². The van der Waals surface area contributed by atoms with Gasteiger partial charge in [-0.3, -0.25) is 4.90 Å². The molecule has 0 amide bonds. The molecule has 1 fully saturated rings. The molecule has 5 heteroatoms. The van der Waals surface area contributed by atoms with Gasteiger partial charge in [0.15, 0.2) is 9.84 Å². The lowest BCUT2D eigenvalue weighted by Crippen LogP contribution is -2.38. The lowest BCUT2D eigenvalue weighted by atomic mass is 10.2. The summed E-state index contributed by atoms with van der Waals surface area (Å²) in [7, 11) is -3.28.